The van der Waals surface area contributed by atoms with Gasteiger partial charge in [-0.1, -0.05) is 0 Å². The highest BCUT2D eigenvalue weighted by Crippen LogP contribution is 2.05. The lowest BCUT2D eigenvalue weighted by Crippen LogP contribution is -2.25. The van der Waals surface area contributed by atoms with E-state index in [4.69, 9.17) is 11.6 Å². The Morgan fingerprint density at radius 3 is 2.31 bits per heavy atom. The molecule has 1 rings (SSSR count). The van der Waals surface area contributed by atoms with E-state index in [9.17, 15) is 9.59 Å². The van der Waals surface area contributed by atoms with Crippen molar-refractivity contribution in [2.75, 3.05) is 19.5 Å². The van der Waals surface area contributed by atoms with Crippen LogP contribution in [0.25, 0.3) is 0 Å². The second kappa shape index (κ2) is 6.12. The van der Waals surface area contributed by atoms with Crippen molar-refractivity contribution >= 4 is 23.5 Å². The summed E-state index contributed by atoms with van der Waals surface area (Å²) in [5, 5.41) is 2.62. The van der Waals surface area contributed by atoms with Gasteiger partial charge >= 0.3 is 5.97 Å². The van der Waals surface area contributed by atoms with Crippen molar-refractivity contribution in [3.8, 4) is 0 Å². The highest BCUT2D eigenvalue weighted by Gasteiger charge is 2.07. The Morgan fingerprint density at radius 2 is 1.81 bits per heavy atom. The van der Waals surface area contributed by atoms with E-state index in [1.807, 2.05) is 0 Å². The fourth-order valence-corrected chi connectivity index (χ4v) is 1.23. The van der Waals surface area contributed by atoms with Crippen LogP contribution in [0.2, 0.25) is 0 Å². The van der Waals surface area contributed by atoms with Crippen LogP contribution in [0.5, 0.6) is 0 Å². The maximum Gasteiger partial charge on any atom is 0.337 e. The molecule has 0 aromatic heterocycles. The first kappa shape index (κ1) is 12.5. The van der Waals surface area contributed by atoms with E-state index in [-0.39, 0.29) is 5.91 Å². The van der Waals surface area contributed by atoms with Gasteiger partial charge in [-0.05, 0) is 24.3 Å². The van der Waals surface area contributed by atoms with Crippen LogP contribution >= 0.6 is 11.6 Å². The van der Waals surface area contributed by atoms with Gasteiger partial charge in [0.15, 0.2) is 0 Å². The lowest BCUT2D eigenvalue weighted by atomic mass is 10.1. The Bertz CT molecular complexity index is 375. The molecule has 0 bridgehead atoms. The van der Waals surface area contributed by atoms with E-state index >= 15 is 0 Å². The van der Waals surface area contributed by atoms with Gasteiger partial charge in [-0.3, -0.25) is 4.79 Å². The Morgan fingerprint density at radius 1 is 1.25 bits per heavy atom. The number of esters is 1. The zero-order valence-electron chi connectivity index (χ0n) is 8.83. The number of carbonyl (C=O) groups excluding carboxylic acids is 2. The molecule has 5 heteroatoms. The average Bonchev–Trinajstić information content (AvgIpc) is 2.35. The minimum absolute atomic E-state index is 0.211. The molecule has 4 nitrogen and oxygen atoms in total. The summed E-state index contributed by atoms with van der Waals surface area (Å²) in [6, 6.07) is 6.22. The number of nitrogens with one attached hydrogen (secondary N) is 1. The summed E-state index contributed by atoms with van der Waals surface area (Å²) in [5.41, 5.74) is 0.897. The quantitative estimate of drug-likeness (QED) is 0.641. The number of rotatable bonds is 4. The van der Waals surface area contributed by atoms with E-state index in [2.05, 4.69) is 10.1 Å². The van der Waals surface area contributed by atoms with Crippen LogP contribution in [0.4, 0.5) is 0 Å². The monoisotopic (exact) mass is 241 g/mol. The van der Waals surface area contributed by atoms with Gasteiger partial charge in [0.1, 0.15) is 0 Å². The van der Waals surface area contributed by atoms with Crippen LogP contribution < -0.4 is 5.32 Å². The van der Waals surface area contributed by atoms with Gasteiger partial charge < -0.3 is 10.1 Å². The smallest absolute Gasteiger partial charge is 0.337 e. The number of hydrogen-bond donors (Lipinski definition) is 1. The van der Waals surface area contributed by atoms with Gasteiger partial charge in [0.2, 0.25) is 0 Å². The van der Waals surface area contributed by atoms with E-state index < -0.39 is 5.97 Å². The van der Waals surface area contributed by atoms with Crippen molar-refractivity contribution in [3.63, 3.8) is 0 Å². The topological polar surface area (TPSA) is 55.4 Å². The Hall–Kier alpha value is -1.55. The number of ether oxygens (including phenoxy) is 1. The standard InChI is InChI=1S/C11H12ClNO3/c1-16-11(15)9-4-2-8(3-5-9)10(14)13-7-6-12/h2-5H,6-7H2,1H3,(H,13,14). The van der Waals surface area contributed by atoms with Crippen molar-refractivity contribution in [1.29, 1.82) is 0 Å². The molecule has 1 aromatic carbocycles. The molecular weight excluding hydrogens is 230 g/mol. The van der Waals surface area contributed by atoms with Crippen LogP contribution in [0.3, 0.4) is 0 Å². The maximum atomic E-state index is 11.5. The molecule has 1 N–H and O–H groups in total. The summed E-state index contributed by atoms with van der Waals surface area (Å²) in [6.07, 6.45) is 0. The highest BCUT2D eigenvalue weighted by atomic mass is 35.5. The zero-order valence-corrected chi connectivity index (χ0v) is 9.58. The van der Waals surface area contributed by atoms with Crippen LogP contribution in [0.15, 0.2) is 24.3 Å². The lowest BCUT2D eigenvalue weighted by Gasteiger charge is -2.03. The van der Waals surface area contributed by atoms with Gasteiger partial charge in [0.25, 0.3) is 5.91 Å². The van der Waals surface area contributed by atoms with Gasteiger partial charge in [0.05, 0.1) is 12.7 Å². The SMILES string of the molecule is COC(=O)c1ccc(C(=O)NCCCl)cc1. The van der Waals surface area contributed by atoms with E-state index in [1.165, 1.54) is 7.11 Å². The molecule has 0 aliphatic rings. The summed E-state index contributed by atoms with van der Waals surface area (Å²) < 4.78 is 4.54. The fourth-order valence-electron chi connectivity index (χ4n) is 1.14. The molecule has 0 spiro atoms. The molecule has 0 unspecified atom stereocenters. The third-order valence-corrected chi connectivity index (χ3v) is 2.14. The molecule has 1 amide bonds. The predicted octanol–water partition coefficient (Wildman–Crippen LogP) is 1.44. The number of amides is 1. The molecule has 0 saturated carbocycles. The molecule has 0 heterocycles. The number of methoxy groups -OCH3 is 1. The lowest BCUT2D eigenvalue weighted by molar-refractivity contribution is 0.0600. The Kier molecular flexibility index (Phi) is 4.79. The molecule has 0 aliphatic heterocycles. The summed E-state index contributed by atoms with van der Waals surface area (Å²) in [4.78, 5) is 22.6. The van der Waals surface area contributed by atoms with Crippen molar-refractivity contribution in [2.45, 2.75) is 0 Å². The molecule has 0 fully saturated rings. The Balaban J connectivity index is 2.71. The predicted molar refractivity (Wildman–Crippen MR) is 60.8 cm³/mol. The average molecular weight is 242 g/mol. The van der Waals surface area contributed by atoms with Crippen molar-refractivity contribution in [1.82, 2.24) is 5.32 Å². The van der Waals surface area contributed by atoms with Crippen molar-refractivity contribution < 1.29 is 14.3 Å². The number of alkyl halides is 1. The first-order valence-electron chi connectivity index (χ1n) is 4.71. The summed E-state index contributed by atoms with van der Waals surface area (Å²) in [7, 11) is 1.31. The summed E-state index contributed by atoms with van der Waals surface area (Å²) in [6.45, 7) is 0.416. The van der Waals surface area contributed by atoms with E-state index in [0.717, 1.165) is 0 Å². The van der Waals surface area contributed by atoms with Crippen molar-refractivity contribution in [3.05, 3.63) is 35.4 Å². The van der Waals surface area contributed by atoms with Crippen molar-refractivity contribution in [2.24, 2.45) is 0 Å². The van der Waals surface area contributed by atoms with Gasteiger partial charge in [-0.2, -0.15) is 0 Å². The normalized spacial score (nSPS) is 9.62. The second-order valence-corrected chi connectivity index (χ2v) is 3.39. The first-order chi connectivity index (χ1) is 7.69. The van der Waals surface area contributed by atoms with Crippen LogP contribution in [0, 0.1) is 0 Å². The minimum Gasteiger partial charge on any atom is -0.465 e. The number of halogens is 1. The van der Waals surface area contributed by atoms with Crippen LogP contribution in [-0.2, 0) is 4.74 Å². The third kappa shape index (κ3) is 3.24. The molecule has 0 radical (unpaired) electrons. The zero-order chi connectivity index (χ0) is 12.0. The molecule has 0 atom stereocenters. The van der Waals surface area contributed by atoms with Crippen LogP contribution in [0.1, 0.15) is 20.7 Å². The van der Waals surface area contributed by atoms with Crippen LogP contribution in [-0.4, -0.2) is 31.4 Å². The molecular formula is C11H12ClNO3. The molecule has 0 aliphatic carbocycles. The highest BCUT2D eigenvalue weighted by molar-refractivity contribution is 6.18. The van der Waals surface area contributed by atoms with E-state index in [0.29, 0.717) is 23.6 Å². The summed E-state index contributed by atoms with van der Waals surface area (Å²) >= 11 is 5.44. The molecule has 0 saturated heterocycles. The molecule has 16 heavy (non-hydrogen) atoms. The van der Waals surface area contributed by atoms with Gasteiger partial charge in [0, 0.05) is 18.0 Å². The fraction of sp³-hybridized carbons (Fsp3) is 0.273. The van der Waals surface area contributed by atoms with E-state index in [1.54, 1.807) is 24.3 Å². The second-order valence-electron chi connectivity index (χ2n) is 3.01. The summed E-state index contributed by atoms with van der Waals surface area (Å²) in [5.74, 6) is -0.267. The third-order valence-electron chi connectivity index (χ3n) is 1.95. The molecule has 86 valence electrons. The largest absolute Gasteiger partial charge is 0.465 e. The number of hydrogen-bond acceptors (Lipinski definition) is 3. The number of benzene rings is 1. The Labute approximate surface area is 98.5 Å². The maximum absolute atomic E-state index is 11.5. The minimum atomic E-state index is -0.423. The number of carbonyl (C=O) groups is 2. The first-order valence-corrected chi connectivity index (χ1v) is 5.25. The van der Waals surface area contributed by atoms with Gasteiger partial charge in [-0.25, -0.2) is 4.79 Å². The molecule has 1 aromatic rings. The van der Waals surface area contributed by atoms with Gasteiger partial charge in [-0.15, -0.1) is 11.6 Å².